The molecule has 0 spiro atoms. The normalized spacial score (nSPS) is 22.2. The Labute approximate surface area is 218 Å². The van der Waals surface area contributed by atoms with Crippen LogP contribution in [0, 0.1) is 0 Å². The number of carbonyl (C=O) groups is 1. The number of carbonyl (C=O) groups excluding carboxylic acids is 1. The zero-order valence-electron chi connectivity index (χ0n) is 21.1. The highest BCUT2D eigenvalue weighted by Gasteiger charge is 2.51. The third-order valence-electron chi connectivity index (χ3n) is 6.80. The standard InChI is InChI=1S/C27H35N3O6S/c1-21-27(26(32)29-30-16-6-3-7-17-30,15-20-37(33,34)24-9-4-2-5-10-24)28-25(36-21)22-11-13-23(14-12-22)35-19-8-18-31/h2,4-5,9-14,21,31H,3,6-8,15-20H2,1H3,(H,29,32)/t21-,27-/m0/s1. The highest BCUT2D eigenvalue weighted by molar-refractivity contribution is 7.91. The van der Waals surface area contributed by atoms with Crippen molar-refractivity contribution in [3.05, 3.63) is 60.2 Å². The van der Waals surface area contributed by atoms with Gasteiger partial charge in [0.1, 0.15) is 11.9 Å². The summed E-state index contributed by atoms with van der Waals surface area (Å²) >= 11 is 0. The van der Waals surface area contributed by atoms with E-state index in [2.05, 4.69) is 5.43 Å². The quantitative estimate of drug-likeness (QED) is 0.430. The molecule has 200 valence electrons. The Hall–Kier alpha value is -2.95. The van der Waals surface area contributed by atoms with Crippen LogP contribution in [0.25, 0.3) is 0 Å². The van der Waals surface area contributed by atoms with Crippen molar-refractivity contribution < 1.29 is 27.8 Å². The monoisotopic (exact) mass is 529 g/mol. The SMILES string of the molecule is C[C@@H]1OC(c2ccc(OCCCO)cc2)=N[C@]1(CCS(=O)(=O)c1ccccc1)C(=O)NN1CCCCC1. The topological polar surface area (TPSA) is 118 Å². The summed E-state index contributed by atoms with van der Waals surface area (Å²) in [5, 5.41) is 10.8. The van der Waals surface area contributed by atoms with Crippen LogP contribution in [0.4, 0.5) is 0 Å². The molecule has 0 bridgehead atoms. The number of piperidine rings is 1. The summed E-state index contributed by atoms with van der Waals surface area (Å²) in [5.74, 6) is 0.336. The molecule has 2 aromatic carbocycles. The minimum Gasteiger partial charge on any atom is -0.494 e. The number of aliphatic hydroxyl groups excluding tert-OH is 1. The molecule has 2 N–H and O–H groups in total. The summed E-state index contributed by atoms with van der Waals surface area (Å²) in [7, 11) is -3.63. The van der Waals surface area contributed by atoms with E-state index in [4.69, 9.17) is 19.6 Å². The molecule has 4 rings (SSSR count). The van der Waals surface area contributed by atoms with Gasteiger partial charge in [0, 0.05) is 31.7 Å². The maximum atomic E-state index is 13.7. The molecule has 0 unspecified atom stereocenters. The number of hydrazine groups is 1. The van der Waals surface area contributed by atoms with Crippen molar-refractivity contribution in [2.24, 2.45) is 4.99 Å². The molecule has 2 atom stereocenters. The van der Waals surface area contributed by atoms with Gasteiger partial charge in [0.25, 0.3) is 5.91 Å². The van der Waals surface area contributed by atoms with Gasteiger partial charge < -0.3 is 14.6 Å². The van der Waals surface area contributed by atoms with Crippen LogP contribution in [0.15, 0.2) is 64.5 Å². The summed E-state index contributed by atoms with van der Waals surface area (Å²) in [5.41, 5.74) is 2.26. The van der Waals surface area contributed by atoms with E-state index < -0.39 is 21.5 Å². The Balaban J connectivity index is 1.59. The van der Waals surface area contributed by atoms with E-state index >= 15 is 0 Å². The molecule has 9 nitrogen and oxygen atoms in total. The van der Waals surface area contributed by atoms with E-state index in [9.17, 15) is 13.2 Å². The van der Waals surface area contributed by atoms with Gasteiger partial charge in [-0.1, -0.05) is 24.6 Å². The number of aliphatic imine (C=N–C) groups is 1. The molecule has 0 aromatic heterocycles. The lowest BCUT2D eigenvalue weighted by Crippen LogP contribution is -2.57. The molecule has 2 aromatic rings. The first-order valence-electron chi connectivity index (χ1n) is 12.8. The Bertz CT molecular complexity index is 1180. The van der Waals surface area contributed by atoms with Crippen molar-refractivity contribution in [1.82, 2.24) is 10.4 Å². The fourth-order valence-electron chi connectivity index (χ4n) is 4.53. The van der Waals surface area contributed by atoms with Crippen molar-refractivity contribution in [1.29, 1.82) is 0 Å². The average Bonchev–Trinajstić information content (AvgIpc) is 3.26. The van der Waals surface area contributed by atoms with Crippen LogP contribution in [0.1, 0.15) is 44.6 Å². The zero-order chi connectivity index (χ0) is 26.3. The van der Waals surface area contributed by atoms with Crippen molar-refractivity contribution >= 4 is 21.6 Å². The molecule has 0 radical (unpaired) electrons. The molecule has 1 fully saturated rings. The lowest BCUT2D eigenvalue weighted by molar-refractivity contribution is -0.134. The highest BCUT2D eigenvalue weighted by atomic mass is 32.2. The van der Waals surface area contributed by atoms with Gasteiger partial charge in [-0.25, -0.2) is 18.4 Å². The lowest BCUT2D eigenvalue weighted by atomic mass is 9.90. The minimum atomic E-state index is -3.63. The highest BCUT2D eigenvalue weighted by Crippen LogP contribution is 2.34. The van der Waals surface area contributed by atoms with E-state index in [1.807, 2.05) is 5.01 Å². The summed E-state index contributed by atoms with van der Waals surface area (Å²) < 4.78 is 37.8. The van der Waals surface area contributed by atoms with Gasteiger partial charge in [-0.05, 0) is 62.6 Å². The fraction of sp³-hybridized carbons (Fsp3) is 0.481. The first-order valence-corrected chi connectivity index (χ1v) is 14.4. The molecule has 1 amide bonds. The van der Waals surface area contributed by atoms with Crippen LogP contribution < -0.4 is 10.2 Å². The molecular formula is C27H35N3O6S. The van der Waals surface area contributed by atoms with Crippen LogP contribution >= 0.6 is 0 Å². The van der Waals surface area contributed by atoms with E-state index in [1.54, 1.807) is 61.5 Å². The minimum absolute atomic E-state index is 0.0169. The third-order valence-corrected chi connectivity index (χ3v) is 8.53. The van der Waals surface area contributed by atoms with Crippen molar-refractivity contribution in [2.75, 3.05) is 32.1 Å². The third kappa shape index (κ3) is 6.49. The Morgan fingerprint density at radius 1 is 1.14 bits per heavy atom. The zero-order valence-corrected chi connectivity index (χ0v) is 22.0. The number of nitrogens with zero attached hydrogens (tertiary/aromatic N) is 2. The average molecular weight is 530 g/mol. The van der Waals surface area contributed by atoms with Crippen LogP contribution in [0.3, 0.4) is 0 Å². The van der Waals surface area contributed by atoms with Crippen LogP contribution in [0.5, 0.6) is 5.75 Å². The fourth-order valence-corrected chi connectivity index (χ4v) is 5.92. The van der Waals surface area contributed by atoms with Gasteiger partial charge in [0.2, 0.25) is 5.90 Å². The van der Waals surface area contributed by atoms with Gasteiger partial charge in [-0.15, -0.1) is 0 Å². The molecule has 2 aliphatic heterocycles. The van der Waals surface area contributed by atoms with Crippen LogP contribution in [-0.2, 0) is 19.4 Å². The van der Waals surface area contributed by atoms with Gasteiger partial charge in [-0.3, -0.25) is 10.2 Å². The summed E-state index contributed by atoms with van der Waals surface area (Å²) in [6.07, 6.45) is 2.95. The van der Waals surface area contributed by atoms with Gasteiger partial charge >= 0.3 is 0 Å². The molecule has 1 saturated heterocycles. The van der Waals surface area contributed by atoms with Crippen LogP contribution in [-0.4, -0.2) is 74.0 Å². The second kappa shape index (κ2) is 12.1. The maximum absolute atomic E-state index is 13.7. The largest absolute Gasteiger partial charge is 0.494 e. The molecule has 0 aliphatic carbocycles. The van der Waals surface area contributed by atoms with E-state index in [1.165, 1.54) is 0 Å². The summed E-state index contributed by atoms with van der Waals surface area (Å²) in [6, 6.07) is 15.4. The number of nitrogens with one attached hydrogen (secondary N) is 1. The molecule has 10 heteroatoms. The predicted octanol–water partition coefficient (Wildman–Crippen LogP) is 2.73. The first kappa shape index (κ1) is 27.1. The summed E-state index contributed by atoms with van der Waals surface area (Å²) in [4.78, 5) is 18.7. The second-order valence-electron chi connectivity index (χ2n) is 9.42. The molecule has 0 saturated carbocycles. The van der Waals surface area contributed by atoms with Gasteiger partial charge in [0.05, 0.1) is 17.3 Å². The first-order chi connectivity index (χ1) is 17.8. The second-order valence-corrected chi connectivity index (χ2v) is 11.5. The van der Waals surface area contributed by atoms with E-state index in [0.29, 0.717) is 30.2 Å². The number of amides is 1. The van der Waals surface area contributed by atoms with Crippen molar-refractivity contribution in [3.8, 4) is 5.75 Å². The Kier molecular flexibility index (Phi) is 8.83. The van der Waals surface area contributed by atoms with E-state index in [-0.39, 0.29) is 29.6 Å². The predicted molar refractivity (Wildman–Crippen MR) is 140 cm³/mol. The number of sulfone groups is 1. The number of hydrogen-bond donors (Lipinski definition) is 2. The number of aliphatic hydroxyl groups is 1. The van der Waals surface area contributed by atoms with E-state index in [0.717, 1.165) is 32.4 Å². The number of rotatable bonds is 11. The number of benzene rings is 2. The summed E-state index contributed by atoms with van der Waals surface area (Å²) in [6.45, 7) is 3.71. The van der Waals surface area contributed by atoms with Crippen molar-refractivity contribution in [3.63, 3.8) is 0 Å². The molecule has 37 heavy (non-hydrogen) atoms. The Morgan fingerprint density at radius 3 is 2.51 bits per heavy atom. The van der Waals surface area contributed by atoms with Gasteiger partial charge in [0.15, 0.2) is 15.4 Å². The molecule has 2 heterocycles. The molecule has 2 aliphatic rings. The van der Waals surface area contributed by atoms with Gasteiger partial charge in [-0.2, -0.15) is 0 Å². The molecular weight excluding hydrogens is 494 g/mol. The number of hydrogen-bond acceptors (Lipinski definition) is 8. The maximum Gasteiger partial charge on any atom is 0.266 e. The smallest absolute Gasteiger partial charge is 0.266 e. The number of ether oxygens (including phenoxy) is 2. The lowest BCUT2D eigenvalue weighted by Gasteiger charge is -2.33. The van der Waals surface area contributed by atoms with Crippen molar-refractivity contribution in [2.45, 2.75) is 55.6 Å². The van der Waals surface area contributed by atoms with Crippen LogP contribution in [0.2, 0.25) is 0 Å². The Morgan fingerprint density at radius 2 is 1.84 bits per heavy atom.